The highest BCUT2D eigenvalue weighted by molar-refractivity contribution is 7.89. The van der Waals surface area contributed by atoms with Crippen LogP contribution in [-0.4, -0.2) is 32.8 Å². The molecule has 0 aliphatic carbocycles. The quantitative estimate of drug-likeness (QED) is 0.866. The molecule has 5 nitrogen and oxygen atoms in total. The van der Waals surface area contributed by atoms with Crippen LogP contribution in [0.5, 0.6) is 0 Å². The van der Waals surface area contributed by atoms with Crippen LogP contribution in [0.15, 0.2) is 23.1 Å². The van der Waals surface area contributed by atoms with E-state index in [0.29, 0.717) is 17.2 Å². The first kappa shape index (κ1) is 15.7. The molecule has 1 aliphatic heterocycles. The summed E-state index contributed by atoms with van der Waals surface area (Å²) in [6.45, 7) is 0.648. The molecular formula is C13H18ClNO4S. The molecule has 1 fully saturated rings. The van der Waals surface area contributed by atoms with Gasteiger partial charge in [0.15, 0.2) is 0 Å². The molecule has 0 saturated carbocycles. The second-order valence-corrected chi connectivity index (χ2v) is 6.93. The maximum absolute atomic E-state index is 12.2. The molecule has 1 aliphatic rings. The second-order valence-electron chi connectivity index (χ2n) is 4.75. The Bertz CT molecular complexity index is 555. The van der Waals surface area contributed by atoms with Gasteiger partial charge in [0.05, 0.1) is 17.6 Å². The number of aliphatic hydroxyl groups excluding tert-OH is 1. The van der Waals surface area contributed by atoms with Crippen molar-refractivity contribution >= 4 is 21.6 Å². The number of halogens is 1. The molecule has 0 bridgehead atoms. The summed E-state index contributed by atoms with van der Waals surface area (Å²) in [7, 11) is -3.61. The molecule has 1 atom stereocenters. The van der Waals surface area contributed by atoms with Gasteiger partial charge in [-0.25, -0.2) is 13.1 Å². The lowest BCUT2D eigenvalue weighted by Crippen LogP contribution is -2.35. The molecule has 0 spiro atoms. The summed E-state index contributed by atoms with van der Waals surface area (Å²) in [5.41, 5.74) is 0.392. The molecule has 1 unspecified atom stereocenters. The Labute approximate surface area is 124 Å². The average Bonchev–Trinajstić information content (AvgIpc) is 2.46. The van der Waals surface area contributed by atoms with Crippen LogP contribution in [0.25, 0.3) is 0 Å². The van der Waals surface area contributed by atoms with E-state index in [1.807, 2.05) is 0 Å². The fraction of sp³-hybridized carbons (Fsp3) is 0.538. The number of ether oxygens (including phenoxy) is 1. The molecule has 2 rings (SSSR count). The van der Waals surface area contributed by atoms with E-state index in [0.717, 1.165) is 19.3 Å². The predicted octanol–water partition coefficient (Wildman–Crippen LogP) is 1.68. The van der Waals surface area contributed by atoms with Crippen molar-refractivity contribution in [3.05, 3.63) is 28.8 Å². The number of sulfonamides is 1. The van der Waals surface area contributed by atoms with Gasteiger partial charge in [-0.05, 0) is 43.0 Å². The smallest absolute Gasteiger partial charge is 0.240 e. The van der Waals surface area contributed by atoms with Gasteiger partial charge in [-0.15, -0.1) is 0 Å². The summed E-state index contributed by atoms with van der Waals surface area (Å²) in [6.07, 6.45) is 2.89. The van der Waals surface area contributed by atoms with Gasteiger partial charge in [0.25, 0.3) is 0 Å². The third-order valence-electron chi connectivity index (χ3n) is 3.27. The predicted molar refractivity (Wildman–Crippen MR) is 76.2 cm³/mol. The summed E-state index contributed by atoms with van der Waals surface area (Å²) in [6, 6.07) is 4.27. The van der Waals surface area contributed by atoms with Crippen molar-refractivity contribution in [2.75, 3.05) is 13.2 Å². The monoisotopic (exact) mass is 319 g/mol. The van der Waals surface area contributed by atoms with E-state index in [1.165, 1.54) is 18.2 Å². The van der Waals surface area contributed by atoms with Crippen molar-refractivity contribution in [3.8, 4) is 0 Å². The Morgan fingerprint density at radius 3 is 2.85 bits per heavy atom. The van der Waals surface area contributed by atoms with Crippen molar-refractivity contribution in [2.24, 2.45) is 0 Å². The average molecular weight is 320 g/mol. The van der Waals surface area contributed by atoms with Crippen LogP contribution in [0.3, 0.4) is 0 Å². The molecule has 112 valence electrons. The van der Waals surface area contributed by atoms with Crippen molar-refractivity contribution in [2.45, 2.75) is 36.9 Å². The minimum Gasteiger partial charge on any atom is -0.392 e. The van der Waals surface area contributed by atoms with Crippen LogP contribution in [0.1, 0.15) is 24.8 Å². The van der Waals surface area contributed by atoms with Crippen LogP contribution in [0.4, 0.5) is 0 Å². The van der Waals surface area contributed by atoms with Gasteiger partial charge >= 0.3 is 0 Å². The molecule has 1 aromatic rings. The Hall–Kier alpha value is -0.660. The fourth-order valence-electron chi connectivity index (χ4n) is 2.09. The third-order valence-corrected chi connectivity index (χ3v) is 5.06. The first-order valence-electron chi connectivity index (χ1n) is 6.53. The van der Waals surface area contributed by atoms with Crippen molar-refractivity contribution in [1.29, 1.82) is 0 Å². The highest BCUT2D eigenvalue weighted by Gasteiger charge is 2.20. The van der Waals surface area contributed by atoms with Crippen LogP contribution in [0.2, 0.25) is 5.02 Å². The number of rotatable bonds is 5. The third kappa shape index (κ3) is 3.93. The Balaban J connectivity index is 2.05. The van der Waals surface area contributed by atoms with Crippen molar-refractivity contribution in [1.82, 2.24) is 4.72 Å². The first-order valence-corrected chi connectivity index (χ1v) is 8.39. The molecule has 1 heterocycles. The normalized spacial score (nSPS) is 20.0. The maximum atomic E-state index is 12.2. The molecular weight excluding hydrogens is 302 g/mol. The van der Waals surface area contributed by atoms with Gasteiger partial charge in [0, 0.05) is 18.2 Å². The van der Waals surface area contributed by atoms with Crippen LogP contribution in [0, 0.1) is 0 Å². The van der Waals surface area contributed by atoms with Gasteiger partial charge in [-0.2, -0.15) is 0 Å². The molecule has 0 amide bonds. The van der Waals surface area contributed by atoms with Gasteiger partial charge in [0.2, 0.25) is 10.0 Å². The second kappa shape index (κ2) is 6.87. The standard InChI is InChI=1S/C13H18ClNO4S/c14-13-5-4-12(7-10(13)9-16)20(17,18)15-8-11-3-1-2-6-19-11/h4-5,7,11,15-16H,1-3,6,8-9H2. The minimum atomic E-state index is -3.61. The SMILES string of the molecule is O=S(=O)(NCC1CCCCO1)c1ccc(Cl)c(CO)c1. The Morgan fingerprint density at radius 1 is 1.40 bits per heavy atom. The van der Waals surface area contributed by atoms with E-state index < -0.39 is 10.0 Å². The molecule has 1 aromatic carbocycles. The minimum absolute atomic E-state index is 0.0665. The van der Waals surface area contributed by atoms with Crippen molar-refractivity contribution in [3.63, 3.8) is 0 Å². The van der Waals surface area contributed by atoms with E-state index in [-0.39, 0.29) is 24.2 Å². The maximum Gasteiger partial charge on any atom is 0.240 e. The highest BCUT2D eigenvalue weighted by Crippen LogP contribution is 2.20. The van der Waals surface area contributed by atoms with Gasteiger partial charge in [-0.3, -0.25) is 0 Å². The largest absolute Gasteiger partial charge is 0.392 e. The first-order chi connectivity index (χ1) is 9.53. The molecule has 2 N–H and O–H groups in total. The molecule has 0 aromatic heterocycles. The molecule has 0 radical (unpaired) electrons. The zero-order valence-corrected chi connectivity index (χ0v) is 12.6. The summed E-state index contributed by atoms with van der Waals surface area (Å²) in [4.78, 5) is 0.0989. The zero-order valence-electron chi connectivity index (χ0n) is 11.0. The topological polar surface area (TPSA) is 75.6 Å². The van der Waals surface area contributed by atoms with E-state index in [1.54, 1.807) is 0 Å². The lowest BCUT2D eigenvalue weighted by atomic mass is 10.1. The fourth-order valence-corrected chi connectivity index (χ4v) is 3.39. The number of hydrogen-bond donors (Lipinski definition) is 2. The lowest BCUT2D eigenvalue weighted by Gasteiger charge is -2.22. The summed E-state index contributed by atoms with van der Waals surface area (Å²) >= 11 is 5.85. The molecule has 7 heteroatoms. The van der Waals surface area contributed by atoms with E-state index in [4.69, 9.17) is 21.4 Å². The number of hydrogen-bond acceptors (Lipinski definition) is 4. The van der Waals surface area contributed by atoms with Gasteiger partial charge < -0.3 is 9.84 Å². The summed E-state index contributed by atoms with van der Waals surface area (Å²) in [5, 5.41) is 9.47. The zero-order chi connectivity index (χ0) is 14.6. The Morgan fingerprint density at radius 2 is 2.20 bits per heavy atom. The van der Waals surface area contributed by atoms with Crippen LogP contribution >= 0.6 is 11.6 Å². The van der Waals surface area contributed by atoms with Crippen LogP contribution in [-0.2, 0) is 21.4 Å². The van der Waals surface area contributed by atoms with E-state index >= 15 is 0 Å². The molecule has 20 heavy (non-hydrogen) atoms. The number of nitrogens with one attached hydrogen (secondary N) is 1. The van der Waals surface area contributed by atoms with Crippen LogP contribution < -0.4 is 4.72 Å². The van der Waals surface area contributed by atoms with E-state index in [9.17, 15) is 8.42 Å². The van der Waals surface area contributed by atoms with Gasteiger partial charge in [0.1, 0.15) is 0 Å². The Kier molecular flexibility index (Phi) is 5.40. The molecule has 1 saturated heterocycles. The van der Waals surface area contributed by atoms with Crippen molar-refractivity contribution < 1.29 is 18.3 Å². The van der Waals surface area contributed by atoms with Gasteiger partial charge in [-0.1, -0.05) is 11.6 Å². The summed E-state index contributed by atoms with van der Waals surface area (Å²) in [5.74, 6) is 0. The lowest BCUT2D eigenvalue weighted by molar-refractivity contribution is 0.0200. The summed E-state index contributed by atoms with van der Waals surface area (Å²) < 4.78 is 32.3. The van der Waals surface area contributed by atoms with E-state index in [2.05, 4.69) is 4.72 Å². The number of benzene rings is 1. The number of aliphatic hydroxyl groups is 1. The highest BCUT2D eigenvalue weighted by atomic mass is 35.5.